The molecule has 1 saturated carbocycles. The lowest BCUT2D eigenvalue weighted by Crippen LogP contribution is -2.34. The number of aromatic hydroxyl groups is 1. The van der Waals surface area contributed by atoms with Gasteiger partial charge in [-0.3, -0.25) is 9.59 Å². The molecule has 0 bridgehead atoms. The summed E-state index contributed by atoms with van der Waals surface area (Å²) in [6.07, 6.45) is 2.09. The van der Waals surface area contributed by atoms with Crippen molar-refractivity contribution in [3.05, 3.63) is 29.8 Å². The van der Waals surface area contributed by atoms with Crippen molar-refractivity contribution in [1.29, 1.82) is 0 Å². The third kappa shape index (κ3) is 3.54. The minimum Gasteiger partial charge on any atom is -0.508 e. The number of carboxylic acids is 1. The van der Waals surface area contributed by atoms with Crippen LogP contribution < -0.4 is 5.32 Å². The molecule has 0 radical (unpaired) electrons. The van der Waals surface area contributed by atoms with Crippen molar-refractivity contribution >= 4 is 11.9 Å². The second kappa shape index (κ2) is 6.61. The first kappa shape index (κ1) is 15.4. The van der Waals surface area contributed by atoms with Crippen LogP contribution >= 0.6 is 0 Å². The summed E-state index contributed by atoms with van der Waals surface area (Å²) in [5.41, 5.74) is 0.628. The summed E-state index contributed by atoms with van der Waals surface area (Å²) in [5, 5.41) is 21.7. The molecule has 1 aromatic carbocycles. The minimum atomic E-state index is -0.895. The Hall–Kier alpha value is -2.04. The quantitative estimate of drug-likeness (QED) is 0.775. The highest BCUT2D eigenvalue weighted by atomic mass is 16.4. The highest BCUT2D eigenvalue weighted by Gasteiger charge is 2.41. The number of aliphatic carboxylic acids is 1. The molecule has 1 aliphatic carbocycles. The summed E-state index contributed by atoms with van der Waals surface area (Å²) in [6.45, 7) is 2.23. The van der Waals surface area contributed by atoms with Crippen LogP contribution in [0.15, 0.2) is 24.3 Å². The molecule has 0 aromatic heterocycles. The van der Waals surface area contributed by atoms with Gasteiger partial charge in [0.25, 0.3) is 0 Å². The van der Waals surface area contributed by atoms with E-state index in [2.05, 4.69) is 5.32 Å². The highest BCUT2D eigenvalue weighted by molar-refractivity contribution is 5.85. The number of carbonyl (C=O) groups excluding carboxylic acids is 1. The molecule has 3 N–H and O–H groups in total. The van der Waals surface area contributed by atoms with E-state index in [0.29, 0.717) is 24.3 Å². The average molecular weight is 291 g/mol. The third-order valence-electron chi connectivity index (χ3n) is 4.34. The van der Waals surface area contributed by atoms with Gasteiger partial charge in [-0.15, -0.1) is 0 Å². The maximum atomic E-state index is 12.3. The van der Waals surface area contributed by atoms with E-state index in [1.807, 2.05) is 6.92 Å². The van der Waals surface area contributed by atoms with Crippen LogP contribution in [0.2, 0.25) is 0 Å². The molecule has 5 heteroatoms. The van der Waals surface area contributed by atoms with Crippen molar-refractivity contribution in [1.82, 2.24) is 5.32 Å². The number of benzene rings is 1. The van der Waals surface area contributed by atoms with Gasteiger partial charge in [0.05, 0.1) is 11.8 Å². The number of phenols is 1. The van der Waals surface area contributed by atoms with Gasteiger partial charge in [-0.05, 0) is 24.8 Å². The Labute approximate surface area is 124 Å². The number of hydrogen-bond acceptors (Lipinski definition) is 3. The van der Waals surface area contributed by atoms with Crippen LogP contribution in [-0.2, 0) is 16.1 Å². The molecular weight excluding hydrogens is 270 g/mol. The molecule has 3 atom stereocenters. The van der Waals surface area contributed by atoms with Crippen molar-refractivity contribution in [2.24, 2.45) is 17.8 Å². The molecule has 1 unspecified atom stereocenters. The fourth-order valence-corrected chi connectivity index (χ4v) is 3.01. The van der Waals surface area contributed by atoms with Crippen LogP contribution in [0.4, 0.5) is 0 Å². The van der Waals surface area contributed by atoms with Gasteiger partial charge in [0.15, 0.2) is 0 Å². The fraction of sp³-hybridized carbons (Fsp3) is 0.500. The van der Waals surface area contributed by atoms with Gasteiger partial charge in [-0.1, -0.05) is 31.5 Å². The standard InChI is InChI=1S/C16H21NO4/c1-2-10-7-12(13(8-10)16(20)21)15(19)17-9-11-5-3-4-6-14(11)18/h3-6,10,12-13,18H,2,7-9H2,1H3,(H,17,19)(H,20,21)/t10?,12-,13+/m0/s1. The predicted molar refractivity (Wildman–Crippen MR) is 77.6 cm³/mol. The Morgan fingerprint density at radius 1 is 1.24 bits per heavy atom. The number of carbonyl (C=O) groups is 2. The van der Waals surface area contributed by atoms with Gasteiger partial charge in [-0.25, -0.2) is 0 Å². The summed E-state index contributed by atoms with van der Waals surface area (Å²) < 4.78 is 0. The Morgan fingerprint density at radius 3 is 2.52 bits per heavy atom. The second-order valence-electron chi connectivity index (χ2n) is 5.64. The van der Waals surface area contributed by atoms with E-state index in [9.17, 15) is 19.8 Å². The van der Waals surface area contributed by atoms with E-state index in [0.717, 1.165) is 6.42 Å². The van der Waals surface area contributed by atoms with Crippen molar-refractivity contribution in [2.45, 2.75) is 32.7 Å². The Balaban J connectivity index is 1.99. The summed E-state index contributed by atoms with van der Waals surface area (Å²) in [6, 6.07) is 6.78. The molecular formula is C16H21NO4. The molecule has 1 amide bonds. The van der Waals surface area contributed by atoms with Crippen LogP contribution in [0.3, 0.4) is 0 Å². The van der Waals surface area contributed by atoms with E-state index < -0.39 is 17.8 Å². The fourth-order valence-electron chi connectivity index (χ4n) is 3.01. The zero-order valence-corrected chi connectivity index (χ0v) is 12.1. The van der Waals surface area contributed by atoms with E-state index in [1.165, 1.54) is 0 Å². The SMILES string of the molecule is CCC1C[C@H](C(=O)NCc2ccccc2O)[C@H](C(=O)O)C1. The number of phenolic OH excluding ortho intramolecular Hbond substituents is 1. The monoisotopic (exact) mass is 291 g/mol. The minimum absolute atomic E-state index is 0.130. The summed E-state index contributed by atoms with van der Waals surface area (Å²) in [5.74, 6) is -1.77. The lowest BCUT2D eigenvalue weighted by molar-refractivity contribution is -0.146. The van der Waals surface area contributed by atoms with Crippen molar-refractivity contribution < 1.29 is 19.8 Å². The normalized spacial score (nSPS) is 24.7. The number of hydrogen-bond donors (Lipinski definition) is 3. The first-order valence-corrected chi connectivity index (χ1v) is 7.30. The van der Waals surface area contributed by atoms with Crippen molar-refractivity contribution in [3.63, 3.8) is 0 Å². The first-order chi connectivity index (χ1) is 10.0. The summed E-state index contributed by atoms with van der Waals surface area (Å²) >= 11 is 0. The maximum absolute atomic E-state index is 12.3. The Kier molecular flexibility index (Phi) is 4.83. The predicted octanol–water partition coefficient (Wildman–Crippen LogP) is 2.15. The number of amides is 1. The largest absolute Gasteiger partial charge is 0.508 e. The van der Waals surface area contributed by atoms with Gasteiger partial charge in [0.1, 0.15) is 5.75 Å². The molecule has 1 aliphatic rings. The summed E-state index contributed by atoms with van der Waals surface area (Å²) in [4.78, 5) is 23.5. The highest BCUT2D eigenvalue weighted by Crippen LogP contribution is 2.38. The molecule has 21 heavy (non-hydrogen) atoms. The average Bonchev–Trinajstić information content (AvgIpc) is 2.90. The molecule has 114 valence electrons. The topological polar surface area (TPSA) is 86.6 Å². The first-order valence-electron chi connectivity index (χ1n) is 7.30. The number of para-hydroxylation sites is 1. The van der Waals surface area contributed by atoms with E-state index in [1.54, 1.807) is 24.3 Å². The van der Waals surface area contributed by atoms with Gasteiger partial charge in [-0.2, -0.15) is 0 Å². The number of carboxylic acid groups (broad SMARTS) is 1. The van der Waals surface area contributed by atoms with Gasteiger partial charge in [0.2, 0.25) is 5.91 Å². The molecule has 0 saturated heterocycles. The second-order valence-corrected chi connectivity index (χ2v) is 5.64. The van der Waals surface area contributed by atoms with Crippen LogP contribution in [-0.4, -0.2) is 22.1 Å². The van der Waals surface area contributed by atoms with Gasteiger partial charge in [0, 0.05) is 12.1 Å². The molecule has 1 fully saturated rings. The van der Waals surface area contributed by atoms with E-state index in [4.69, 9.17) is 0 Å². The molecule has 5 nitrogen and oxygen atoms in total. The molecule has 0 aliphatic heterocycles. The zero-order chi connectivity index (χ0) is 15.4. The molecule has 2 rings (SSSR count). The lowest BCUT2D eigenvalue weighted by Gasteiger charge is -2.15. The Bertz CT molecular complexity index is 529. The molecule has 0 heterocycles. The van der Waals surface area contributed by atoms with Crippen LogP contribution in [0, 0.1) is 17.8 Å². The zero-order valence-electron chi connectivity index (χ0n) is 12.1. The van der Waals surface area contributed by atoms with Crippen LogP contribution in [0.1, 0.15) is 31.7 Å². The maximum Gasteiger partial charge on any atom is 0.307 e. The van der Waals surface area contributed by atoms with Crippen molar-refractivity contribution in [2.75, 3.05) is 0 Å². The van der Waals surface area contributed by atoms with E-state index >= 15 is 0 Å². The third-order valence-corrected chi connectivity index (χ3v) is 4.34. The number of nitrogens with one attached hydrogen (secondary N) is 1. The van der Waals surface area contributed by atoms with Gasteiger partial charge >= 0.3 is 5.97 Å². The van der Waals surface area contributed by atoms with Gasteiger partial charge < -0.3 is 15.5 Å². The molecule has 0 spiro atoms. The van der Waals surface area contributed by atoms with Crippen LogP contribution in [0.25, 0.3) is 0 Å². The van der Waals surface area contributed by atoms with Crippen molar-refractivity contribution in [3.8, 4) is 5.75 Å². The molecule has 1 aromatic rings. The smallest absolute Gasteiger partial charge is 0.307 e. The lowest BCUT2D eigenvalue weighted by atomic mass is 9.95. The number of rotatable bonds is 5. The van der Waals surface area contributed by atoms with E-state index in [-0.39, 0.29) is 18.2 Å². The summed E-state index contributed by atoms with van der Waals surface area (Å²) in [7, 11) is 0. The Morgan fingerprint density at radius 2 is 1.90 bits per heavy atom. The van der Waals surface area contributed by atoms with Crippen LogP contribution in [0.5, 0.6) is 5.75 Å².